The number of nitrogens with one attached hydrogen (secondary N) is 3. The van der Waals surface area contributed by atoms with Crippen molar-refractivity contribution in [3.63, 3.8) is 0 Å². The van der Waals surface area contributed by atoms with Crippen molar-refractivity contribution >= 4 is 45.3 Å². The number of nitrogens with zero attached hydrogens (tertiary/aromatic N) is 3. The van der Waals surface area contributed by atoms with E-state index in [1.807, 2.05) is 18.2 Å². The monoisotopic (exact) mass is 484 g/mol. The van der Waals surface area contributed by atoms with Crippen molar-refractivity contribution in [3.05, 3.63) is 59.1 Å². The number of ether oxygens (including phenoxy) is 1. The summed E-state index contributed by atoms with van der Waals surface area (Å²) < 4.78 is 6.93. The number of amides is 2. The average molecular weight is 485 g/mol. The lowest BCUT2D eigenvalue weighted by Gasteiger charge is -2.20. The van der Waals surface area contributed by atoms with Gasteiger partial charge in [0, 0.05) is 11.6 Å². The zero-order chi connectivity index (χ0) is 25.6. The molecule has 182 valence electrons. The van der Waals surface area contributed by atoms with Gasteiger partial charge in [0.15, 0.2) is 0 Å². The summed E-state index contributed by atoms with van der Waals surface area (Å²) in [6, 6.07) is 14.5. The number of benzene rings is 2. The van der Waals surface area contributed by atoms with Crippen molar-refractivity contribution in [1.82, 2.24) is 14.5 Å². The molecule has 0 aliphatic heterocycles. The number of para-hydroxylation sites is 2. The number of H-pyrrole nitrogens is 1. The Balaban J connectivity index is 1.60. The molecule has 2 aromatic heterocycles. The van der Waals surface area contributed by atoms with Crippen molar-refractivity contribution in [1.29, 1.82) is 5.26 Å². The van der Waals surface area contributed by atoms with E-state index in [4.69, 9.17) is 10.00 Å². The predicted molar refractivity (Wildman–Crippen MR) is 135 cm³/mol. The number of rotatable bonds is 4. The SMILES string of the molecule is CC(C)(C)OC(=O)Nc1cc(-n2c(=O)[nH]c3ccccc32)cc2cc(NC(=O)[C@@H]3C[C@H]3C#N)ncc12. The molecule has 36 heavy (non-hydrogen) atoms. The van der Waals surface area contributed by atoms with Gasteiger partial charge in [-0.1, -0.05) is 12.1 Å². The van der Waals surface area contributed by atoms with E-state index in [1.54, 1.807) is 45.0 Å². The Hall–Kier alpha value is -4.65. The van der Waals surface area contributed by atoms with Gasteiger partial charge >= 0.3 is 11.8 Å². The summed E-state index contributed by atoms with van der Waals surface area (Å²) in [5.41, 5.74) is 1.20. The first kappa shape index (κ1) is 23.1. The molecule has 1 aliphatic rings. The molecule has 1 fully saturated rings. The predicted octanol–water partition coefficient (Wildman–Crippen LogP) is 4.31. The second kappa shape index (κ2) is 8.53. The smallest absolute Gasteiger partial charge is 0.412 e. The van der Waals surface area contributed by atoms with Crippen LogP contribution in [-0.2, 0) is 9.53 Å². The maximum Gasteiger partial charge on any atom is 0.412 e. The van der Waals surface area contributed by atoms with Gasteiger partial charge in [-0.05, 0) is 62.9 Å². The first-order valence-electron chi connectivity index (χ1n) is 11.5. The second-order valence-corrected chi connectivity index (χ2v) is 9.76. The second-order valence-electron chi connectivity index (χ2n) is 9.76. The Morgan fingerprint density at radius 3 is 2.69 bits per heavy atom. The van der Waals surface area contributed by atoms with Crippen LogP contribution in [0.4, 0.5) is 16.3 Å². The Bertz CT molecular complexity index is 1620. The molecule has 10 heteroatoms. The summed E-state index contributed by atoms with van der Waals surface area (Å²) in [5, 5.41) is 15.8. The van der Waals surface area contributed by atoms with Crippen LogP contribution in [0.2, 0.25) is 0 Å². The summed E-state index contributed by atoms with van der Waals surface area (Å²) in [6.45, 7) is 5.29. The van der Waals surface area contributed by atoms with Gasteiger partial charge < -0.3 is 15.0 Å². The van der Waals surface area contributed by atoms with Gasteiger partial charge in [-0.15, -0.1) is 0 Å². The molecule has 0 bridgehead atoms. The van der Waals surface area contributed by atoms with Crippen LogP contribution in [0.3, 0.4) is 0 Å². The number of pyridine rings is 1. The van der Waals surface area contributed by atoms with Crippen LogP contribution in [0, 0.1) is 23.2 Å². The number of imidazole rings is 1. The maximum atomic E-state index is 12.8. The molecule has 2 heterocycles. The molecule has 4 aromatic rings. The third kappa shape index (κ3) is 4.51. The zero-order valence-electron chi connectivity index (χ0n) is 20.0. The van der Waals surface area contributed by atoms with Crippen LogP contribution >= 0.6 is 0 Å². The van der Waals surface area contributed by atoms with Gasteiger partial charge in [-0.3, -0.25) is 14.7 Å². The van der Waals surface area contributed by atoms with Gasteiger partial charge in [0.1, 0.15) is 11.4 Å². The number of anilines is 2. The molecule has 1 aliphatic carbocycles. The fourth-order valence-electron chi connectivity index (χ4n) is 4.11. The van der Waals surface area contributed by atoms with Crippen molar-refractivity contribution < 1.29 is 14.3 Å². The molecule has 0 spiro atoms. The maximum absolute atomic E-state index is 12.8. The Morgan fingerprint density at radius 1 is 1.19 bits per heavy atom. The number of nitriles is 1. The van der Waals surface area contributed by atoms with E-state index in [9.17, 15) is 14.4 Å². The summed E-state index contributed by atoms with van der Waals surface area (Å²) in [6.07, 6.45) is 1.42. The van der Waals surface area contributed by atoms with Gasteiger partial charge in [-0.2, -0.15) is 5.26 Å². The first-order chi connectivity index (χ1) is 17.1. The largest absolute Gasteiger partial charge is 0.444 e. The average Bonchev–Trinajstić information content (AvgIpc) is 3.52. The minimum atomic E-state index is -0.703. The lowest BCUT2D eigenvalue weighted by Crippen LogP contribution is -2.27. The number of aromatic nitrogens is 3. The van der Waals surface area contributed by atoms with E-state index in [0.717, 1.165) is 0 Å². The van der Waals surface area contributed by atoms with Crippen LogP contribution in [0.15, 0.2) is 53.5 Å². The molecule has 2 atom stereocenters. The molecule has 0 unspecified atom stereocenters. The molecule has 0 radical (unpaired) electrons. The minimum absolute atomic E-state index is 0.260. The van der Waals surface area contributed by atoms with E-state index in [2.05, 4.69) is 26.7 Å². The number of fused-ring (bicyclic) bond motifs is 2. The molecular weight excluding hydrogens is 460 g/mol. The third-order valence-electron chi connectivity index (χ3n) is 5.85. The highest BCUT2D eigenvalue weighted by Crippen LogP contribution is 2.38. The Morgan fingerprint density at radius 2 is 1.97 bits per heavy atom. The van der Waals surface area contributed by atoms with Gasteiger partial charge in [0.25, 0.3) is 0 Å². The fourth-order valence-corrected chi connectivity index (χ4v) is 4.11. The number of hydrogen-bond acceptors (Lipinski definition) is 6. The van der Waals surface area contributed by atoms with E-state index in [1.165, 1.54) is 10.8 Å². The summed E-state index contributed by atoms with van der Waals surface area (Å²) in [7, 11) is 0. The molecule has 10 nitrogen and oxygen atoms in total. The van der Waals surface area contributed by atoms with Gasteiger partial charge in [0.05, 0.1) is 40.3 Å². The molecule has 0 saturated heterocycles. The summed E-state index contributed by atoms with van der Waals surface area (Å²) in [5.74, 6) is -0.560. The number of carbonyl (C=O) groups excluding carboxylic acids is 2. The normalized spacial score (nSPS) is 16.9. The molecule has 2 aromatic carbocycles. The van der Waals surface area contributed by atoms with Crippen LogP contribution in [0.5, 0.6) is 0 Å². The quantitative estimate of drug-likeness (QED) is 0.394. The molecule has 2 amide bonds. The first-order valence-corrected chi connectivity index (χ1v) is 11.5. The standard InChI is InChI=1S/C26H24N6O4/c1-26(2,3)36-25(35)30-20-11-16(32-21-7-5-4-6-19(21)29-24(32)34)8-14-10-22(28-13-18(14)20)31-23(33)17-9-15(17)12-27/h4-8,10-11,13,15,17H,9H2,1-3H3,(H,29,34)(H,30,35)(H,28,31,33)/t15-,17+/m0/s1. The lowest BCUT2D eigenvalue weighted by atomic mass is 10.1. The van der Waals surface area contributed by atoms with Crippen molar-refractivity contribution in [2.75, 3.05) is 10.6 Å². The third-order valence-corrected chi connectivity index (χ3v) is 5.85. The highest BCUT2D eigenvalue weighted by molar-refractivity contribution is 6.03. The fraction of sp³-hybridized carbons (Fsp3) is 0.269. The Kier molecular flexibility index (Phi) is 5.48. The molecule has 3 N–H and O–H groups in total. The van der Waals surface area contributed by atoms with Crippen molar-refractivity contribution in [2.45, 2.75) is 32.8 Å². The van der Waals surface area contributed by atoms with Crippen LogP contribution in [0.25, 0.3) is 27.5 Å². The van der Waals surface area contributed by atoms with Crippen LogP contribution < -0.4 is 16.3 Å². The molecule has 5 rings (SSSR count). The zero-order valence-corrected chi connectivity index (χ0v) is 20.0. The van der Waals surface area contributed by atoms with Crippen LogP contribution in [0.1, 0.15) is 27.2 Å². The summed E-state index contributed by atoms with van der Waals surface area (Å²) in [4.78, 5) is 45.0. The molecule has 1 saturated carbocycles. The number of aromatic amines is 1. The van der Waals surface area contributed by atoms with Crippen LogP contribution in [-0.4, -0.2) is 32.1 Å². The lowest BCUT2D eigenvalue weighted by molar-refractivity contribution is -0.117. The molecular formula is C26H24N6O4. The topological polar surface area (TPSA) is 142 Å². The number of hydrogen-bond donors (Lipinski definition) is 3. The van der Waals surface area contributed by atoms with Gasteiger partial charge in [-0.25, -0.2) is 14.6 Å². The van der Waals surface area contributed by atoms with Crippen molar-refractivity contribution in [2.24, 2.45) is 11.8 Å². The van der Waals surface area contributed by atoms with E-state index in [-0.39, 0.29) is 23.4 Å². The number of carbonyl (C=O) groups is 2. The van der Waals surface area contributed by atoms with E-state index in [0.29, 0.717) is 45.4 Å². The highest BCUT2D eigenvalue weighted by Gasteiger charge is 2.43. The van der Waals surface area contributed by atoms with Crippen molar-refractivity contribution in [3.8, 4) is 11.8 Å². The van der Waals surface area contributed by atoms with Gasteiger partial charge in [0.2, 0.25) is 5.91 Å². The summed E-state index contributed by atoms with van der Waals surface area (Å²) >= 11 is 0. The van der Waals surface area contributed by atoms with E-state index >= 15 is 0 Å². The van der Waals surface area contributed by atoms with E-state index < -0.39 is 11.7 Å². The Labute approximate surface area is 205 Å². The highest BCUT2D eigenvalue weighted by atomic mass is 16.6. The minimum Gasteiger partial charge on any atom is -0.444 e.